The van der Waals surface area contributed by atoms with Gasteiger partial charge in [0, 0.05) is 6.42 Å². The van der Waals surface area contributed by atoms with Gasteiger partial charge in [-0.25, -0.2) is 0 Å². The highest BCUT2D eigenvalue weighted by Crippen LogP contribution is 2.20. The number of ether oxygens (including phenoxy) is 2. The van der Waals surface area contributed by atoms with Gasteiger partial charge in [-0.15, -0.1) is 0 Å². The topological polar surface area (TPSA) is 18.5 Å². The van der Waals surface area contributed by atoms with Crippen LogP contribution >= 0.6 is 0 Å². The average Bonchev–Trinajstić information content (AvgIpc) is 2.29. The summed E-state index contributed by atoms with van der Waals surface area (Å²) in [4.78, 5) is 0. The summed E-state index contributed by atoms with van der Waals surface area (Å²) in [5.74, 6) is 0.846. The van der Waals surface area contributed by atoms with Crippen molar-refractivity contribution in [3.63, 3.8) is 0 Å². The van der Waals surface area contributed by atoms with E-state index in [-0.39, 0.29) is 12.4 Å². The second-order valence-corrected chi connectivity index (χ2v) is 4.83. The molecule has 2 heteroatoms. The van der Waals surface area contributed by atoms with E-state index in [0.717, 1.165) is 29.7 Å². The van der Waals surface area contributed by atoms with Crippen LogP contribution in [0.5, 0.6) is 5.75 Å². The van der Waals surface area contributed by atoms with E-state index in [1.807, 2.05) is 45.0 Å². The van der Waals surface area contributed by atoms with E-state index in [2.05, 4.69) is 13.5 Å². The summed E-state index contributed by atoms with van der Waals surface area (Å²) in [6.45, 7) is 12.1. The van der Waals surface area contributed by atoms with Crippen LogP contribution in [0.4, 0.5) is 0 Å². The Balaban J connectivity index is 2.65. The van der Waals surface area contributed by atoms with Crippen molar-refractivity contribution < 1.29 is 9.47 Å². The predicted octanol–water partition coefficient (Wildman–Crippen LogP) is 4.65. The first-order valence-electron chi connectivity index (χ1n) is 6.61. The van der Waals surface area contributed by atoms with Crippen LogP contribution in [0.25, 0.3) is 5.57 Å². The first-order valence-corrected chi connectivity index (χ1v) is 6.61. The van der Waals surface area contributed by atoms with E-state index < -0.39 is 0 Å². The van der Waals surface area contributed by atoms with Gasteiger partial charge in [0.15, 0.2) is 6.29 Å². The number of allylic oxidation sites excluding steroid dienone is 1. The normalized spacial score (nSPS) is 12.5. The van der Waals surface area contributed by atoms with Gasteiger partial charge in [0.25, 0.3) is 0 Å². The van der Waals surface area contributed by atoms with E-state index in [1.54, 1.807) is 0 Å². The first-order chi connectivity index (χ1) is 8.52. The molecular formula is C16H24O2. The molecule has 0 saturated carbocycles. The van der Waals surface area contributed by atoms with E-state index in [9.17, 15) is 0 Å². The fourth-order valence-electron chi connectivity index (χ4n) is 1.66. The highest BCUT2D eigenvalue weighted by atomic mass is 16.7. The van der Waals surface area contributed by atoms with Gasteiger partial charge in [-0.3, -0.25) is 0 Å². The second-order valence-electron chi connectivity index (χ2n) is 4.83. The molecule has 0 aliphatic heterocycles. The summed E-state index contributed by atoms with van der Waals surface area (Å²) >= 11 is 0. The largest absolute Gasteiger partial charge is 0.465 e. The molecule has 0 heterocycles. The quantitative estimate of drug-likeness (QED) is 0.654. The van der Waals surface area contributed by atoms with Gasteiger partial charge in [0.05, 0.1) is 6.10 Å². The van der Waals surface area contributed by atoms with Crippen molar-refractivity contribution in [1.29, 1.82) is 0 Å². The third-order valence-electron chi connectivity index (χ3n) is 2.56. The van der Waals surface area contributed by atoms with Crippen LogP contribution < -0.4 is 4.74 Å². The van der Waals surface area contributed by atoms with Gasteiger partial charge in [-0.1, -0.05) is 37.6 Å². The first kappa shape index (κ1) is 14.8. The van der Waals surface area contributed by atoms with Crippen LogP contribution in [-0.2, 0) is 4.74 Å². The maximum atomic E-state index is 5.85. The summed E-state index contributed by atoms with van der Waals surface area (Å²) < 4.78 is 11.6. The predicted molar refractivity (Wildman–Crippen MR) is 76.7 cm³/mol. The van der Waals surface area contributed by atoms with Crippen LogP contribution in [0.3, 0.4) is 0 Å². The lowest BCUT2D eigenvalue weighted by atomic mass is 10.1. The molecule has 1 atom stereocenters. The Morgan fingerprint density at radius 1 is 1.22 bits per heavy atom. The summed E-state index contributed by atoms with van der Waals surface area (Å²) in [6.07, 6.45) is 1.96. The van der Waals surface area contributed by atoms with Crippen LogP contribution in [0, 0.1) is 0 Å². The summed E-state index contributed by atoms with van der Waals surface area (Å²) in [7, 11) is 0. The molecule has 1 unspecified atom stereocenters. The second kappa shape index (κ2) is 7.22. The van der Waals surface area contributed by atoms with Crippen LogP contribution in [0.15, 0.2) is 30.8 Å². The number of rotatable bonds is 7. The SMILES string of the molecule is C=C(C)c1ccc(OC(CCC)OC(C)C)cc1. The maximum Gasteiger partial charge on any atom is 0.200 e. The Bertz CT molecular complexity index is 365. The van der Waals surface area contributed by atoms with Gasteiger partial charge in [0.1, 0.15) is 5.75 Å². The van der Waals surface area contributed by atoms with E-state index in [4.69, 9.17) is 9.47 Å². The Morgan fingerprint density at radius 3 is 2.28 bits per heavy atom. The summed E-state index contributed by atoms with van der Waals surface area (Å²) in [6, 6.07) is 7.98. The molecule has 1 aromatic rings. The Hall–Kier alpha value is -1.28. The van der Waals surface area contributed by atoms with Crippen molar-refractivity contribution in [3.05, 3.63) is 36.4 Å². The highest BCUT2D eigenvalue weighted by Gasteiger charge is 2.11. The minimum absolute atomic E-state index is 0.161. The van der Waals surface area contributed by atoms with Crippen LogP contribution in [0.2, 0.25) is 0 Å². The van der Waals surface area contributed by atoms with E-state index in [0.29, 0.717) is 0 Å². The molecule has 0 fully saturated rings. The van der Waals surface area contributed by atoms with Crippen molar-refractivity contribution in [2.24, 2.45) is 0 Å². The molecule has 0 amide bonds. The summed E-state index contributed by atoms with van der Waals surface area (Å²) in [5.41, 5.74) is 2.20. The van der Waals surface area contributed by atoms with Crippen molar-refractivity contribution in [1.82, 2.24) is 0 Å². The zero-order valence-electron chi connectivity index (χ0n) is 11.9. The Labute approximate surface area is 111 Å². The van der Waals surface area contributed by atoms with E-state index in [1.165, 1.54) is 0 Å². The van der Waals surface area contributed by atoms with Crippen LogP contribution in [-0.4, -0.2) is 12.4 Å². The van der Waals surface area contributed by atoms with Gasteiger partial charge < -0.3 is 9.47 Å². The summed E-state index contributed by atoms with van der Waals surface area (Å²) in [5, 5.41) is 0. The number of hydrogen-bond acceptors (Lipinski definition) is 2. The molecule has 0 aromatic heterocycles. The molecule has 1 rings (SSSR count). The molecule has 0 spiro atoms. The molecule has 0 aliphatic rings. The number of benzene rings is 1. The Morgan fingerprint density at radius 2 is 1.83 bits per heavy atom. The van der Waals surface area contributed by atoms with Crippen LogP contribution in [0.1, 0.15) is 46.1 Å². The lowest BCUT2D eigenvalue weighted by molar-refractivity contribution is -0.111. The smallest absolute Gasteiger partial charge is 0.200 e. The molecule has 0 aliphatic carbocycles. The number of hydrogen-bond donors (Lipinski definition) is 0. The molecule has 18 heavy (non-hydrogen) atoms. The van der Waals surface area contributed by atoms with Gasteiger partial charge in [-0.2, -0.15) is 0 Å². The standard InChI is InChI=1S/C16H24O2/c1-6-7-16(17-13(4)5)18-15-10-8-14(9-11-15)12(2)3/h8-11,13,16H,2,6-7H2,1,3-5H3. The van der Waals surface area contributed by atoms with Crippen molar-refractivity contribution >= 4 is 5.57 Å². The fourth-order valence-corrected chi connectivity index (χ4v) is 1.66. The molecule has 100 valence electrons. The molecule has 0 N–H and O–H groups in total. The zero-order chi connectivity index (χ0) is 13.5. The molecular weight excluding hydrogens is 224 g/mol. The maximum absolute atomic E-state index is 5.85. The fraction of sp³-hybridized carbons (Fsp3) is 0.500. The monoisotopic (exact) mass is 248 g/mol. The highest BCUT2D eigenvalue weighted by molar-refractivity contribution is 5.61. The van der Waals surface area contributed by atoms with Crippen molar-refractivity contribution in [2.75, 3.05) is 0 Å². The van der Waals surface area contributed by atoms with Gasteiger partial charge >= 0.3 is 0 Å². The molecule has 0 bridgehead atoms. The van der Waals surface area contributed by atoms with Crippen molar-refractivity contribution in [3.8, 4) is 5.75 Å². The zero-order valence-corrected chi connectivity index (χ0v) is 11.9. The third kappa shape index (κ3) is 4.92. The average molecular weight is 248 g/mol. The Kier molecular flexibility index (Phi) is 5.93. The molecule has 0 radical (unpaired) electrons. The van der Waals surface area contributed by atoms with Gasteiger partial charge in [-0.05, 0) is 38.5 Å². The minimum Gasteiger partial charge on any atom is -0.465 e. The lowest BCUT2D eigenvalue weighted by Crippen LogP contribution is -2.24. The van der Waals surface area contributed by atoms with Gasteiger partial charge in [0.2, 0.25) is 0 Å². The molecule has 2 nitrogen and oxygen atoms in total. The molecule has 1 aromatic carbocycles. The third-order valence-corrected chi connectivity index (χ3v) is 2.56. The minimum atomic E-state index is -0.161. The lowest BCUT2D eigenvalue weighted by Gasteiger charge is -2.21. The van der Waals surface area contributed by atoms with Crippen molar-refractivity contribution in [2.45, 2.75) is 52.9 Å². The molecule has 0 saturated heterocycles. The van der Waals surface area contributed by atoms with E-state index >= 15 is 0 Å².